The standard InChI is InChI=1S/C13H17NO/c1-3-9-8-10(4-2)14-13-11(9)6-5-7-12(13)15/h8H,3-7H2,1-2H3. The monoisotopic (exact) mass is 203 g/mol. The molecule has 1 aliphatic rings. The van der Waals surface area contributed by atoms with Gasteiger partial charge in [-0.05, 0) is 42.9 Å². The molecule has 2 rings (SSSR count). The molecule has 0 bridgehead atoms. The van der Waals surface area contributed by atoms with Crippen molar-refractivity contribution in [1.82, 2.24) is 4.98 Å². The van der Waals surface area contributed by atoms with Gasteiger partial charge in [0.1, 0.15) is 5.69 Å². The van der Waals surface area contributed by atoms with Gasteiger partial charge in [-0.1, -0.05) is 13.8 Å². The molecule has 0 radical (unpaired) electrons. The fraction of sp³-hybridized carbons (Fsp3) is 0.538. The van der Waals surface area contributed by atoms with Crippen LogP contribution in [-0.4, -0.2) is 10.8 Å². The first-order chi connectivity index (χ1) is 7.26. The lowest BCUT2D eigenvalue weighted by atomic mass is 9.90. The molecule has 2 heteroatoms. The molecule has 0 saturated carbocycles. The number of ketones is 1. The van der Waals surface area contributed by atoms with Crippen LogP contribution in [0.15, 0.2) is 6.07 Å². The Morgan fingerprint density at radius 1 is 1.27 bits per heavy atom. The highest BCUT2D eigenvalue weighted by atomic mass is 16.1. The van der Waals surface area contributed by atoms with Gasteiger partial charge in [-0.2, -0.15) is 0 Å². The lowest BCUT2D eigenvalue weighted by molar-refractivity contribution is 0.0966. The topological polar surface area (TPSA) is 30.0 Å². The fourth-order valence-corrected chi connectivity index (χ4v) is 2.23. The van der Waals surface area contributed by atoms with E-state index in [0.29, 0.717) is 6.42 Å². The summed E-state index contributed by atoms with van der Waals surface area (Å²) < 4.78 is 0. The molecule has 15 heavy (non-hydrogen) atoms. The van der Waals surface area contributed by atoms with Gasteiger partial charge in [0, 0.05) is 12.1 Å². The number of carbonyl (C=O) groups excluding carboxylic acids is 1. The molecule has 1 heterocycles. The molecule has 0 saturated heterocycles. The largest absolute Gasteiger partial charge is 0.292 e. The Morgan fingerprint density at radius 3 is 2.73 bits per heavy atom. The second-order valence-electron chi connectivity index (χ2n) is 4.08. The number of Topliss-reactive ketones (excluding diaryl/α,β-unsaturated/α-hetero) is 1. The second kappa shape index (κ2) is 4.13. The maximum absolute atomic E-state index is 11.8. The highest BCUT2D eigenvalue weighted by Gasteiger charge is 2.21. The summed E-state index contributed by atoms with van der Waals surface area (Å²) >= 11 is 0. The van der Waals surface area contributed by atoms with Crippen molar-refractivity contribution in [2.45, 2.75) is 46.0 Å². The van der Waals surface area contributed by atoms with Gasteiger partial charge in [-0.3, -0.25) is 4.79 Å². The lowest BCUT2D eigenvalue weighted by Crippen LogP contribution is -2.16. The van der Waals surface area contributed by atoms with Crippen LogP contribution in [0, 0.1) is 0 Å². The molecule has 0 N–H and O–H groups in total. The minimum Gasteiger partial charge on any atom is -0.292 e. The first-order valence-corrected chi connectivity index (χ1v) is 5.81. The number of nitrogens with zero attached hydrogens (tertiary/aromatic N) is 1. The zero-order valence-corrected chi connectivity index (χ0v) is 9.47. The van der Waals surface area contributed by atoms with Crippen LogP contribution in [0.2, 0.25) is 0 Å². The Labute approximate surface area is 90.7 Å². The van der Waals surface area contributed by atoms with Crippen LogP contribution in [0.4, 0.5) is 0 Å². The van der Waals surface area contributed by atoms with Crippen LogP contribution >= 0.6 is 0 Å². The molecule has 1 aromatic rings. The number of rotatable bonds is 2. The van der Waals surface area contributed by atoms with Gasteiger partial charge in [0.2, 0.25) is 0 Å². The number of carbonyl (C=O) groups is 1. The SMILES string of the molecule is CCc1cc(CC)c2c(n1)C(=O)CCC2. The number of fused-ring (bicyclic) bond motifs is 1. The number of aryl methyl sites for hydroxylation is 2. The van der Waals surface area contributed by atoms with Crippen LogP contribution < -0.4 is 0 Å². The Balaban J connectivity index is 2.57. The van der Waals surface area contributed by atoms with Crippen molar-refractivity contribution in [3.05, 3.63) is 28.6 Å². The van der Waals surface area contributed by atoms with E-state index >= 15 is 0 Å². The summed E-state index contributed by atoms with van der Waals surface area (Å²) in [6, 6.07) is 2.16. The van der Waals surface area contributed by atoms with Crippen LogP contribution in [0.3, 0.4) is 0 Å². The third-order valence-corrected chi connectivity index (χ3v) is 3.11. The van der Waals surface area contributed by atoms with Crippen LogP contribution in [-0.2, 0) is 19.3 Å². The average Bonchev–Trinajstić information content (AvgIpc) is 2.28. The van der Waals surface area contributed by atoms with E-state index < -0.39 is 0 Å². The van der Waals surface area contributed by atoms with Crippen molar-refractivity contribution in [1.29, 1.82) is 0 Å². The molecule has 0 aliphatic heterocycles. The second-order valence-corrected chi connectivity index (χ2v) is 4.08. The molecule has 0 amide bonds. The molecule has 1 aromatic heterocycles. The highest BCUT2D eigenvalue weighted by Crippen LogP contribution is 2.24. The highest BCUT2D eigenvalue weighted by molar-refractivity contribution is 5.96. The van der Waals surface area contributed by atoms with Crippen molar-refractivity contribution in [3.8, 4) is 0 Å². The van der Waals surface area contributed by atoms with Gasteiger partial charge >= 0.3 is 0 Å². The Kier molecular flexibility index (Phi) is 2.85. The molecule has 0 unspecified atom stereocenters. The van der Waals surface area contributed by atoms with Gasteiger partial charge in [0.15, 0.2) is 5.78 Å². The van der Waals surface area contributed by atoms with E-state index in [1.54, 1.807) is 0 Å². The molecule has 1 aliphatic carbocycles. The van der Waals surface area contributed by atoms with E-state index in [-0.39, 0.29) is 5.78 Å². The number of hydrogen-bond donors (Lipinski definition) is 0. The van der Waals surface area contributed by atoms with Crippen LogP contribution in [0.25, 0.3) is 0 Å². The van der Waals surface area contributed by atoms with E-state index in [1.807, 2.05) is 0 Å². The summed E-state index contributed by atoms with van der Waals surface area (Å²) in [4.78, 5) is 16.2. The average molecular weight is 203 g/mol. The predicted octanol–water partition coefficient (Wildman–Crippen LogP) is 2.73. The maximum atomic E-state index is 11.8. The zero-order chi connectivity index (χ0) is 10.8. The summed E-state index contributed by atoms with van der Waals surface area (Å²) in [5.74, 6) is 0.237. The smallest absolute Gasteiger partial charge is 0.181 e. The first kappa shape index (κ1) is 10.3. The summed E-state index contributed by atoms with van der Waals surface area (Å²) in [5.41, 5.74) is 4.36. The summed E-state index contributed by atoms with van der Waals surface area (Å²) in [6.45, 7) is 4.23. The van der Waals surface area contributed by atoms with Gasteiger partial charge < -0.3 is 0 Å². The number of hydrogen-bond acceptors (Lipinski definition) is 2. The third kappa shape index (κ3) is 1.81. The Hall–Kier alpha value is -1.18. The summed E-state index contributed by atoms with van der Waals surface area (Å²) in [6.07, 6.45) is 4.61. The van der Waals surface area contributed by atoms with E-state index in [1.165, 1.54) is 11.1 Å². The minimum absolute atomic E-state index is 0.237. The number of aromatic nitrogens is 1. The minimum atomic E-state index is 0.237. The fourth-order valence-electron chi connectivity index (χ4n) is 2.23. The maximum Gasteiger partial charge on any atom is 0.181 e. The third-order valence-electron chi connectivity index (χ3n) is 3.11. The van der Waals surface area contributed by atoms with Gasteiger partial charge in [-0.15, -0.1) is 0 Å². The Morgan fingerprint density at radius 2 is 2.07 bits per heavy atom. The molecule has 2 nitrogen and oxygen atoms in total. The first-order valence-electron chi connectivity index (χ1n) is 5.81. The predicted molar refractivity (Wildman–Crippen MR) is 60.3 cm³/mol. The van der Waals surface area contributed by atoms with Crippen LogP contribution in [0.5, 0.6) is 0 Å². The van der Waals surface area contributed by atoms with Crippen molar-refractivity contribution in [2.24, 2.45) is 0 Å². The van der Waals surface area contributed by atoms with Gasteiger partial charge in [0.05, 0.1) is 0 Å². The summed E-state index contributed by atoms with van der Waals surface area (Å²) in [5, 5.41) is 0. The van der Waals surface area contributed by atoms with Crippen molar-refractivity contribution >= 4 is 5.78 Å². The van der Waals surface area contributed by atoms with Crippen molar-refractivity contribution < 1.29 is 4.79 Å². The molecule has 0 spiro atoms. The lowest BCUT2D eigenvalue weighted by Gasteiger charge is -2.18. The van der Waals surface area contributed by atoms with E-state index in [9.17, 15) is 4.79 Å². The summed E-state index contributed by atoms with van der Waals surface area (Å²) in [7, 11) is 0. The van der Waals surface area contributed by atoms with E-state index in [0.717, 1.165) is 37.1 Å². The molecule has 0 fully saturated rings. The molecular weight excluding hydrogens is 186 g/mol. The van der Waals surface area contributed by atoms with E-state index in [2.05, 4.69) is 24.9 Å². The zero-order valence-electron chi connectivity index (χ0n) is 9.47. The molecule has 80 valence electrons. The Bertz CT molecular complexity index is 396. The van der Waals surface area contributed by atoms with Crippen molar-refractivity contribution in [3.63, 3.8) is 0 Å². The number of pyridine rings is 1. The van der Waals surface area contributed by atoms with Gasteiger partial charge in [-0.25, -0.2) is 4.98 Å². The molecule has 0 aromatic carbocycles. The van der Waals surface area contributed by atoms with Crippen LogP contribution in [0.1, 0.15) is 54.0 Å². The van der Waals surface area contributed by atoms with Crippen molar-refractivity contribution in [2.75, 3.05) is 0 Å². The molecule has 0 atom stereocenters. The van der Waals surface area contributed by atoms with E-state index in [4.69, 9.17) is 0 Å². The normalized spacial score (nSPS) is 15.2. The molecular formula is C13H17NO. The quantitative estimate of drug-likeness (QED) is 0.739. The van der Waals surface area contributed by atoms with Gasteiger partial charge in [0.25, 0.3) is 0 Å².